The molecule has 62 valence electrons. The van der Waals surface area contributed by atoms with E-state index in [2.05, 4.69) is 12.0 Å². The van der Waals surface area contributed by atoms with Crippen molar-refractivity contribution in [2.24, 2.45) is 5.73 Å². The van der Waals surface area contributed by atoms with Gasteiger partial charge in [0.1, 0.15) is 0 Å². The smallest absolute Gasteiger partial charge is 0.0638 e. The lowest BCUT2D eigenvalue weighted by Crippen LogP contribution is -2.18. The zero-order chi connectivity index (χ0) is 8.27. The highest BCUT2D eigenvalue weighted by atomic mass is 15.3. The number of hydrogen-bond acceptors (Lipinski definition) is 2. The van der Waals surface area contributed by atoms with Crippen LogP contribution in [0.1, 0.15) is 24.9 Å². The van der Waals surface area contributed by atoms with Crippen molar-refractivity contribution >= 4 is 0 Å². The minimum Gasteiger partial charge on any atom is -0.328 e. The van der Waals surface area contributed by atoms with Crippen molar-refractivity contribution in [3.63, 3.8) is 0 Å². The second-order valence-electron chi connectivity index (χ2n) is 2.80. The lowest BCUT2D eigenvalue weighted by atomic mass is 10.2. The fourth-order valence-electron chi connectivity index (χ4n) is 1.09. The monoisotopic (exact) mass is 153 g/mol. The van der Waals surface area contributed by atoms with Crippen LogP contribution in [0.4, 0.5) is 0 Å². The topological polar surface area (TPSA) is 43.8 Å². The number of nitrogens with two attached hydrogens (primary N) is 1. The Bertz CT molecular complexity index is 213. The van der Waals surface area contributed by atoms with Crippen LogP contribution in [0.15, 0.2) is 12.4 Å². The number of rotatable bonds is 3. The van der Waals surface area contributed by atoms with E-state index in [9.17, 15) is 0 Å². The van der Waals surface area contributed by atoms with Crippen LogP contribution < -0.4 is 5.73 Å². The first-order valence-corrected chi connectivity index (χ1v) is 3.98. The fraction of sp³-hybridized carbons (Fsp3) is 0.625. The van der Waals surface area contributed by atoms with Crippen LogP contribution in [0.2, 0.25) is 0 Å². The summed E-state index contributed by atoms with van der Waals surface area (Å²) < 4.78 is 1.94. The minimum absolute atomic E-state index is 0.365. The molecule has 0 radical (unpaired) electrons. The summed E-state index contributed by atoms with van der Waals surface area (Å²) in [6.45, 7) is 4.82. The van der Waals surface area contributed by atoms with Gasteiger partial charge < -0.3 is 5.73 Å². The molecule has 0 aliphatic carbocycles. The number of aryl methyl sites for hydroxylation is 1. The summed E-state index contributed by atoms with van der Waals surface area (Å²) in [5, 5.41) is 4.19. The maximum absolute atomic E-state index is 5.56. The molecule has 0 fully saturated rings. The molecule has 11 heavy (non-hydrogen) atoms. The molecule has 1 atom stereocenters. The van der Waals surface area contributed by atoms with Gasteiger partial charge in [0.05, 0.1) is 12.2 Å². The Morgan fingerprint density at radius 1 is 1.73 bits per heavy atom. The Kier molecular flexibility index (Phi) is 2.65. The van der Waals surface area contributed by atoms with Gasteiger partial charge in [0, 0.05) is 12.7 Å². The summed E-state index contributed by atoms with van der Waals surface area (Å²) in [4.78, 5) is 0. The van der Waals surface area contributed by atoms with Crippen molar-refractivity contribution in [1.29, 1.82) is 0 Å². The second kappa shape index (κ2) is 3.53. The summed E-state index contributed by atoms with van der Waals surface area (Å²) in [5.41, 5.74) is 6.76. The molecule has 0 bridgehead atoms. The van der Waals surface area contributed by atoms with Gasteiger partial charge in [-0.05, 0) is 18.9 Å². The lowest BCUT2D eigenvalue weighted by Gasteiger charge is -2.11. The summed E-state index contributed by atoms with van der Waals surface area (Å²) >= 11 is 0. The van der Waals surface area contributed by atoms with Crippen LogP contribution in [-0.4, -0.2) is 16.3 Å². The molecule has 0 amide bonds. The van der Waals surface area contributed by atoms with Crippen LogP contribution in [0.3, 0.4) is 0 Å². The van der Waals surface area contributed by atoms with E-state index in [1.165, 1.54) is 5.56 Å². The molecular formula is C8H15N3. The first kappa shape index (κ1) is 8.27. The maximum atomic E-state index is 5.56. The van der Waals surface area contributed by atoms with Gasteiger partial charge in [0.25, 0.3) is 0 Å². The van der Waals surface area contributed by atoms with Gasteiger partial charge in [-0.3, -0.25) is 4.68 Å². The SMILES string of the molecule is CCC(CN)n1cc(C)cn1. The van der Waals surface area contributed by atoms with Crippen molar-refractivity contribution in [1.82, 2.24) is 9.78 Å². The molecule has 1 rings (SSSR count). The normalized spacial score (nSPS) is 13.4. The molecule has 3 heteroatoms. The van der Waals surface area contributed by atoms with Crippen molar-refractivity contribution in [3.8, 4) is 0 Å². The van der Waals surface area contributed by atoms with E-state index in [-0.39, 0.29) is 0 Å². The van der Waals surface area contributed by atoms with Crippen molar-refractivity contribution < 1.29 is 0 Å². The summed E-state index contributed by atoms with van der Waals surface area (Å²) in [7, 11) is 0. The van der Waals surface area contributed by atoms with Gasteiger partial charge in [-0.25, -0.2) is 0 Å². The number of hydrogen-bond donors (Lipinski definition) is 1. The molecule has 0 spiro atoms. The van der Waals surface area contributed by atoms with E-state index in [0.717, 1.165) is 6.42 Å². The molecule has 3 nitrogen and oxygen atoms in total. The Morgan fingerprint density at radius 2 is 2.45 bits per heavy atom. The molecule has 0 saturated heterocycles. The van der Waals surface area contributed by atoms with Crippen LogP contribution in [0, 0.1) is 6.92 Å². The second-order valence-corrected chi connectivity index (χ2v) is 2.80. The van der Waals surface area contributed by atoms with Crippen LogP contribution >= 0.6 is 0 Å². The molecule has 2 N–H and O–H groups in total. The third-order valence-electron chi connectivity index (χ3n) is 1.85. The largest absolute Gasteiger partial charge is 0.328 e. The quantitative estimate of drug-likeness (QED) is 0.706. The van der Waals surface area contributed by atoms with E-state index in [4.69, 9.17) is 5.73 Å². The highest BCUT2D eigenvalue weighted by Crippen LogP contribution is 2.08. The third kappa shape index (κ3) is 1.80. The molecule has 1 aromatic heterocycles. The molecule has 0 aliphatic rings. The zero-order valence-corrected chi connectivity index (χ0v) is 7.12. The Hall–Kier alpha value is -0.830. The summed E-state index contributed by atoms with van der Waals surface area (Å²) in [5.74, 6) is 0. The van der Waals surface area contributed by atoms with E-state index in [1.54, 1.807) is 0 Å². The van der Waals surface area contributed by atoms with E-state index in [0.29, 0.717) is 12.6 Å². The Balaban J connectivity index is 2.73. The standard InChI is InChI=1S/C8H15N3/c1-3-8(4-9)11-6-7(2)5-10-11/h5-6,8H,3-4,9H2,1-2H3. The predicted octanol–water partition coefficient (Wildman–Crippen LogP) is 1.10. The van der Waals surface area contributed by atoms with Crippen LogP contribution in [-0.2, 0) is 0 Å². The third-order valence-corrected chi connectivity index (χ3v) is 1.85. The van der Waals surface area contributed by atoms with Gasteiger partial charge in [0.15, 0.2) is 0 Å². The maximum Gasteiger partial charge on any atom is 0.0638 e. The lowest BCUT2D eigenvalue weighted by molar-refractivity contribution is 0.450. The van der Waals surface area contributed by atoms with Crippen LogP contribution in [0.25, 0.3) is 0 Å². The Labute approximate surface area is 67.2 Å². The molecule has 0 aromatic carbocycles. The fourth-order valence-corrected chi connectivity index (χ4v) is 1.09. The molecule has 1 heterocycles. The molecule has 1 aromatic rings. The zero-order valence-electron chi connectivity index (χ0n) is 7.12. The molecule has 1 unspecified atom stereocenters. The van der Waals surface area contributed by atoms with Gasteiger partial charge >= 0.3 is 0 Å². The summed E-state index contributed by atoms with van der Waals surface area (Å²) in [6.07, 6.45) is 4.93. The van der Waals surface area contributed by atoms with Crippen molar-refractivity contribution in [2.45, 2.75) is 26.3 Å². The first-order valence-electron chi connectivity index (χ1n) is 3.98. The minimum atomic E-state index is 0.365. The van der Waals surface area contributed by atoms with Gasteiger partial charge in [-0.15, -0.1) is 0 Å². The van der Waals surface area contributed by atoms with Crippen molar-refractivity contribution in [3.05, 3.63) is 18.0 Å². The van der Waals surface area contributed by atoms with Gasteiger partial charge in [0.2, 0.25) is 0 Å². The summed E-state index contributed by atoms with van der Waals surface area (Å²) in [6, 6.07) is 0.365. The highest BCUT2D eigenvalue weighted by Gasteiger charge is 2.05. The van der Waals surface area contributed by atoms with Gasteiger partial charge in [-0.2, -0.15) is 5.10 Å². The van der Waals surface area contributed by atoms with Crippen LogP contribution in [0.5, 0.6) is 0 Å². The Morgan fingerprint density at radius 3 is 2.82 bits per heavy atom. The molecular weight excluding hydrogens is 138 g/mol. The van der Waals surface area contributed by atoms with E-state index in [1.807, 2.05) is 24.0 Å². The van der Waals surface area contributed by atoms with Gasteiger partial charge in [-0.1, -0.05) is 6.92 Å². The van der Waals surface area contributed by atoms with Crippen molar-refractivity contribution in [2.75, 3.05) is 6.54 Å². The average molecular weight is 153 g/mol. The molecule has 0 aliphatic heterocycles. The first-order chi connectivity index (χ1) is 5.27. The highest BCUT2D eigenvalue weighted by molar-refractivity contribution is 5.00. The van der Waals surface area contributed by atoms with E-state index >= 15 is 0 Å². The molecule has 0 saturated carbocycles. The van der Waals surface area contributed by atoms with E-state index < -0.39 is 0 Å². The predicted molar refractivity (Wildman–Crippen MR) is 45.3 cm³/mol. The average Bonchev–Trinajstić information content (AvgIpc) is 2.39. The number of nitrogens with zero attached hydrogens (tertiary/aromatic N) is 2. The number of aromatic nitrogens is 2.